The molecule has 0 aliphatic carbocycles. The third kappa shape index (κ3) is 12.9. The van der Waals surface area contributed by atoms with Crippen molar-refractivity contribution in [2.45, 2.75) is 50.5 Å². The smallest absolute Gasteiger partial charge is 0.320 e. The molecule has 0 amide bonds. The molecule has 0 spiro atoms. The van der Waals surface area contributed by atoms with E-state index in [0.717, 1.165) is 35.1 Å². The number of benzene rings is 1. The maximum atomic E-state index is 12.1. The molecule has 0 aliphatic heterocycles. The van der Waals surface area contributed by atoms with E-state index < -0.39 is 23.9 Å². The maximum absolute atomic E-state index is 12.1. The maximum Gasteiger partial charge on any atom is 0.320 e. The number of aryl methyl sites for hydroxylation is 1. The lowest BCUT2D eigenvalue weighted by molar-refractivity contribution is -0.144. The van der Waals surface area contributed by atoms with Crippen molar-refractivity contribution in [2.75, 3.05) is 52.4 Å². The van der Waals surface area contributed by atoms with Gasteiger partial charge in [0.25, 0.3) is 0 Å². The van der Waals surface area contributed by atoms with E-state index in [1.54, 1.807) is 9.80 Å². The van der Waals surface area contributed by atoms with E-state index in [-0.39, 0.29) is 13.1 Å². The fourth-order valence-corrected chi connectivity index (χ4v) is 4.42. The van der Waals surface area contributed by atoms with Crippen LogP contribution in [0.4, 0.5) is 0 Å². The number of carbonyl (C=O) groups is 3. The van der Waals surface area contributed by atoms with Crippen LogP contribution in [0.15, 0.2) is 29.2 Å². The number of thiocyanates is 1. The minimum absolute atomic E-state index is 0.103. The number of carboxylic acid groups (broad SMARTS) is 3. The molecule has 3 N–H and O–H groups in total. The Kier molecular flexibility index (Phi) is 15.5. The van der Waals surface area contributed by atoms with Crippen LogP contribution in [-0.4, -0.2) is 106 Å². The lowest BCUT2D eigenvalue weighted by Crippen LogP contribution is -2.47. The van der Waals surface area contributed by atoms with Crippen LogP contribution in [-0.2, 0) is 20.8 Å². The van der Waals surface area contributed by atoms with Crippen LogP contribution in [0.5, 0.6) is 0 Å². The lowest BCUT2D eigenvalue weighted by Gasteiger charge is -2.32. The third-order valence-corrected chi connectivity index (χ3v) is 6.32. The van der Waals surface area contributed by atoms with Gasteiger partial charge in [0.2, 0.25) is 0 Å². The molecular formula is C25H38N4O6S. The zero-order valence-electron chi connectivity index (χ0n) is 21.1. The summed E-state index contributed by atoms with van der Waals surface area (Å²) in [6, 6.07) is 6.78. The molecule has 0 radical (unpaired) electrons. The second-order valence-electron chi connectivity index (χ2n) is 8.61. The molecule has 0 saturated carbocycles. The van der Waals surface area contributed by atoms with Crippen molar-refractivity contribution >= 4 is 29.7 Å². The average molecular weight is 523 g/mol. The van der Waals surface area contributed by atoms with Crippen molar-refractivity contribution in [3.05, 3.63) is 29.8 Å². The van der Waals surface area contributed by atoms with Crippen molar-refractivity contribution in [3.63, 3.8) is 0 Å². The SMILES string of the molecule is CCCN(CCN(CCN(CCC)C(CCc1ccc(SC#N)cc1)C(=O)O)CC(=O)O)CC(=O)O. The van der Waals surface area contributed by atoms with Gasteiger partial charge < -0.3 is 15.3 Å². The lowest BCUT2D eigenvalue weighted by atomic mass is 10.0. The number of hydrogen-bond donors (Lipinski definition) is 3. The first-order valence-electron chi connectivity index (χ1n) is 12.2. The number of thioether (sulfide) groups is 1. The van der Waals surface area contributed by atoms with Gasteiger partial charge in [-0.3, -0.25) is 29.1 Å². The van der Waals surface area contributed by atoms with Crippen molar-refractivity contribution in [3.8, 4) is 5.40 Å². The average Bonchev–Trinajstić information content (AvgIpc) is 2.81. The summed E-state index contributed by atoms with van der Waals surface area (Å²) in [5.41, 5.74) is 0.988. The Morgan fingerprint density at radius 1 is 0.861 bits per heavy atom. The summed E-state index contributed by atoms with van der Waals surface area (Å²) in [6.07, 6.45) is 2.51. The monoisotopic (exact) mass is 522 g/mol. The zero-order valence-corrected chi connectivity index (χ0v) is 22.0. The van der Waals surface area contributed by atoms with E-state index in [1.165, 1.54) is 0 Å². The predicted octanol–water partition coefficient (Wildman–Crippen LogP) is 2.54. The highest BCUT2D eigenvalue weighted by molar-refractivity contribution is 8.03. The molecule has 0 aliphatic rings. The molecule has 0 heterocycles. The minimum atomic E-state index is -0.981. The Balaban J connectivity index is 2.82. The third-order valence-electron chi connectivity index (χ3n) is 5.72. The fourth-order valence-electron chi connectivity index (χ4n) is 4.04. The molecule has 0 fully saturated rings. The van der Waals surface area contributed by atoms with E-state index in [0.29, 0.717) is 52.1 Å². The first kappa shape index (κ1) is 31.4. The Morgan fingerprint density at radius 2 is 1.39 bits per heavy atom. The summed E-state index contributed by atoms with van der Waals surface area (Å²) in [5.74, 6) is -2.82. The van der Waals surface area contributed by atoms with Crippen molar-refractivity contribution in [2.24, 2.45) is 0 Å². The van der Waals surface area contributed by atoms with E-state index in [2.05, 4.69) is 0 Å². The van der Waals surface area contributed by atoms with Crippen molar-refractivity contribution < 1.29 is 29.7 Å². The molecule has 1 aromatic carbocycles. The molecule has 1 aromatic rings. The van der Waals surface area contributed by atoms with Gasteiger partial charge in [-0.2, -0.15) is 5.26 Å². The molecule has 0 bridgehead atoms. The molecule has 36 heavy (non-hydrogen) atoms. The molecule has 1 atom stereocenters. The topological polar surface area (TPSA) is 145 Å². The number of carboxylic acids is 3. The number of aliphatic carboxylic acids is 3. The zero-order chi connectivity index (χ0) is 26.9. The van der Waals surface area contributed by atoms with Gasteiger partial charge >= 0.3 is 17.9 Å². The van der Waals surface area contributed by atoms with Gasteiger partial charge in [0, 0.05) is 31.1 Å². The molecule has 1 rings (SSSR count). The van der Waals surface area contributed by atoms with E-state index in [4.69, 9.17) is 10.4 Å². The van der Waals surface area contributed by atoms with Crippen LogP contribution in [0.2, 0.25) is 0 Å². The summed E-state index contributed by atoms with van der Waals surface area (Å²) in [4.78, 5) is 40.9. The summed E-state index contributed by atoms with van der Waals surface area (Å²) in [5, 5.41) is 39.2. The standard InChI is InChI=1S/C25H38N4O6S/c1-3-11-27(17-23(30)31)13-14-28(18-24(32)33)15-16-29(12-4-2)22(25(34)35)10-7-20-5-8-21(9-6-20)36-19-26/h5-6,8-9,22H,3-4,7,10-18H2,1-2H3,(H,30,31)(H,32,33)(H,34,35). The highest BCUT2D eigenvalue weighted by Gasteiger charge is 2.25. The van der Waals surface area contributed by atoms with Gasteiger partial charge in [0.05, 0.1) is 13.1 Å². The Labute approximate surface area is 217 Å². The Bertz CT molecular complexity index is 861. The first-order valence-corrected chi connectivity index (χ1v) is 13.0. The van der Waals surface area contributed by atoms with Crippen molar-refractivity contribution in [1.29, 1.82) is 5.26 Å². The fraction of sp³-hybridized carbons (Fsp3) is 0.600. The molecule has 11 heteroatoms. The first-order chi connectivity index (χ1) is 17.2. The van der Waals surface area contributed by atoms with Crippen LogP contribution < -0.4 is 0 Å². The van der Waals surface area contributed by atoms with Gasteiger partial charge in [0.15, 0.2) is 0 Å². The summed E-state index contributed by atoms with van der Waals surface area (Å²) >= 11 is 1.07. The second-order valence-corrected chi connectivity index (χ2v) is 9.46. The number of rotatable bonds is 20. The van der Waals surface area contributed by atoms with E-state index in [9.17, 15) is 24.6 Å². The quantitative estimate of drug-likeness (QED) is 0.171. The molecule has 10 nitrogen and oxygen atoms in total. The highest BCUT2D eigenvalue weighted by atomic mass is 32.2. The number of nitrogens with zero attached hydrogens (tertiary/aromatic N) is 4. The molecule has 200 valence electrons. The van der Waals surface area contributed by atoms with Crippen LogP contribution in [0.25, 0.3) is 0 Å². The Morgan fingerprint density at radius 3 is 1.86 bits per heavy atom. The van der Waals surface area contributed by atoms with E-state index >= 15 is 0 Å². The molecule has 1 unspecified atom stereocenters. The number of hydrogen-bond acceptors (Lipinski definition) is 8. The van der Waals surface area contributed by atoms with Crippen LogP contribution in [0, 0.1) is 10.7 Å². The summed E-state index contributed by atoms with van der Waals surface area (Å²) < 4.78 is 0. The van der Waals surface area contributed by atoms with Gasteiger partial charge in [-0.1, -0.05) is 26.0 Å². The second kappa shape index (κ2) is 17.7. The predicted molar refractivity (Wildman–Crippen MR) is 138 cm³/mol. The number of nitriles is 1. The largest absolute Gasteiger partial charge is 0.480 e. The van der Waals surface area contributed by atoms with Crippen LogP contribution in [0.1, 0.15) is 38.7 Å². The normalized spacial score (nSPS) is 12.1. The van der Waals surface area contributed by atoms with Gasteiger partial charge in [-0.05, 0) is 68.2 Å². The van der Waals surface area contributed by atoms with Gasteiger partial charge in [-0.15, -0.1) is 0 Å². The summed E-state index contributed by atoms with van der Waals surface area (Å²) in [7, 11) is 0. The minimum Gasteiger partial charge on any atom is -0.480 e. The van der Waals surface area contributed by atoms with Gasteiger partial charge in [0.1, 0.15) is 11.4 Å². The highest BCUT2D eigenvalue weighted by Crippen LogP contribution is 2.18. The van der Waals surface area contributed by atoms with Crippen molar-refractivity contribution in [1.82, 2.24) is 14.7 Å². The van der Waals surface area contributed by atoms with E-state index in [1.807, 2.05) is 48.4 Å². The summed E-state index contributed by atoms with van der Waals surface area (Å²) in [6.45, 7) is 6.35. The molecular weight excluding hydrogens is 484 g/mol. The van der Waals surface area contributed by atoms with Gasteiger partial charge in [-0.25, -0.2) is 0 Å². The molecule has 0 saturated heterocycles. The molecule has 0 aromatic heterocycles. The Hall–Kier alpha value is -2.65. The van der Waals surface area contributed by atoms with Crippen LogP contribution >= 0.6 is 11.8 Å². The van der Waals surface area contributed by atoms with Crippen LogP contribution in [0.3, 0.4) is 0 Å².